The summed E-state index contributed by atoms with van der Waals surface area (Å²) < 4.78 is 34.0. The average molecular weight is 349 g/mol. The molecule has 0 amide bonds. The normalized spacial score (nSPS) is 15.8. The zero-order valence-electron chi connectivity index (χ0n) is 14.4. The van der Waals surface area contributed by atoms with Crippen molar-refractivity contribution in [2.75, 3.05) is 7.11 Å². The van der Waals surface area contributed by atoms with Crippen LogP contribution in [0.25, 0.3) is 11.0 Å². The van der Waals surface area contributed by atoms with Crippen molar-refractivity contribution in [1.82, 2.24) is 9.97 Å². The van der Waals surface area contributed by atoms with E-state index < -0.39 is 17.5 Å². The van der Waals surface area contributed by atoms with Crippen LogP contribution in [0.15, 0.2) is 18.2 Å². The molecule has 2 aromatic rings. The molecular weight excluding hydrogens is 326 g/mol. The van der Waals surface area contributed by atoms with Gasteiger partial charge in [-0.05, 0) is 24.5 Å². The molecule has 1 aromatic carbocycles. The van der Waals surface area contributed by atoms with Crippen molar-refractivity contribution >= 4 is 11.0 Å². The van der Waals surface area contributed by atoms with Gasteiger partial charge in [-0.1, -0.05) is 38.5 Å². The van der Waals surface area contributed by atoms with E-state index in [9.17, 15) is 13.9 Å². The summed E-state index contributed by atoms with van der Waals surface area (Å²) in [7, 11) is 1.49. The number of fused-ring (bicyclic) bond motifs is 1. The van der Waals surface area contributed by atoms with Crippen LogP contribution >= 0.6 is 0 Å². The maximum absolute atomic E-state index is 14.5. The van der Waals surface area contributed by atoms with Crippen LogP contribution < -0.4 is 9.84 Å². The van der Waals surface area contributed by atoms with Gasteiger partial charge in [0, 0.05) is 18.4 Å². The molecule has 1 aliphatic rings. The van der Waals surface area contributed by atoms with E-state index in [1.54, 1.807) is 12.1 Å². The van der Waals surface area contributed by atoms with Gasteiger partial charge in [0.05, 0.1) is 18.1 Å². The number of hydrogen-bond donors (Lipinski definition) is 0. The minimum absolute atomic E-state index is 0.269. The van der Waals surface area contributed by atoms with Crippen LogP contribution in [0.4, 0.5) is 8.78 Å². The monoisotopic (exact) mass is 349 g/mol. The lowest BCUT2D eigenvalue weighted by atomic mass is 9.98. The topological polar surface area (TPSA) is 58.1 Å². The maximum atomic E-state index is 14.5. The number of ether oxygens (including phenoxy) is 1. The van der Waals surface area contributed by atoms with Gasteiger partial charge in [-0.15, -0.1) is 0 Å². The highest BCUT2D eigenvalue weighted by Gasteiger charge is 2.34. The largest absolute Gasteiger partial charge is 0.857 e. The Hall–Kier alpha value is -1.98. The molecule has 1 heterocycles. The molecule has 136 valence electrons. The molecule has 0 N–H and O–H groups in total. The number of nitrogens with zero attached hydrogens (tertiary/aromatic N) is 2. The molecule has 0 bridgehead atoms. The Morgan fingerprint density at radius 3 is 2.64 bits per heavy atom. The Kier molecular flexibility index (Phi) is 5.35. The second-order valence-electron chi connectivity index (χ2n) is 6.83. The van der Waals surface area contributed by atoms with Crippen molar-refractivity contribution in [3.63, 3.8) is 0 Å². The zero-order valence-corrected chi connectivity index (χ0v) is 14.4. The van der Waals surface area contributed by atoms with E-state index >= 15 is 0 Å². The predicted molar refractivity (Wildman–Crippen MR) is 89.9 cm³/mol. The first-order chi connectivity index (χ1) is 12.0. The molecule has 4 nitrogen and oxygen atoms in total. The molecule has 1 aliphatic carbocycles. The lowest BCUT2D eigenvalue weighted by Crippen LogP contribution is -2.19. The number of hydrogen-bond acceptors (Lipinski definition) is 4. The molecule has 0 unspecified atom stereocenters. The molecule has 1 aromatic heterocycles. The molecule has 0 atom stereocenters. The Labute approximate surface area is 146 Å². The van der Waals surface area contributed by atoms with E-state index in [2.05, 4.69) is 9.97 Å². The molecule has 0 spiro atoms. The highest BCUT2D eigenvalue weighted by Crippen LogP contribution is 2.37. The van der Waals surface area contributed by atoms with Crippen LogP contribution in [0.2, 0.25) is 0 Å². The molecule has 6 heteroatoms. The predicted octanol–water partition coefficient (Wildman–Crippen LogP) is 4.55. The Morgan fingerprint density at radius 1 is 1.16 bits per heavy atom. The summed E-state index contributed by atoms with van der Waals surface area (Å²) in [4.78, 5) is 7.66. The van der Waals surface area contributed by atoms with Gasteiger partial charge in [0.15, 0.2) is 0 Å². The second-order valence-corrected chi connectivity index (χ2v) is 6.83. The van der Waals surface area contributed by atoms with E-state index in [1.165, 1.54) is 38.9 Å². The van der Waals surface area contributed by atoms with Crippen molar-refractivity contribution in [3.8, 4) is 11.6 Å². The summed E-state index contributed by atoms with van der Waals surface area (Å²) in [6.07, 6.45) is 6.78. The van der Waals surface area contributed by atoms with Crippen LogP contribution in [0.1, 0.15) is 57.1 Å². The van der Waals surface area contributed by atoms with Crippen molar-refractivity contribution in [2.45, 2.75) is 57.3 Å². The third kappa shape index (κ3) is 4.17. The number of halogens is 2. The maximum Gasteiger partial charge on any atom is 0.290 e. The summed E-state index contributed by atoms with van der Waals surface area (Å²) in [6, 6.07) is 4.68. The summed E-state index contributed by atoms with van der Waals surface area (Å²) in [5.74, 6) is -3.00. The lowest BCUT2D eigenvalue weighted by Gasteiger charge is -2.21. The van der Waals surface area contributed by atoms with E-state index in [0.717, 1.165) is 12.8 Å². The Morgan fingerprint density at radius 2 is 1.92 bits per heavy atom. The van der Waals surface area contributed by atoms with E-state index in [0.29, 0.717) is 18.1 Å². The fourth-order valence-corrected chi connectivity index (χ4v) is 3.58. The van der Waals surface area contributed by atoms with E-state index in [-0.39, 0.29) is 17.5 Å². The Balaban J connectivity index is 1.68. The van der Waals surface area contributed by atoms with Gasteiger partial charge in [-0.3, -0.25) is 4.98 Å². The van der Waals surface area contributed by atoms with Gasteiger partial charge in [-0.2, -0.15) is 8.78 Å². The summed E-state index contributed by atoms with van der Waals surface area (Å²) in [6.45, 7) is 0. The first-order valence-electron chi connectivity index (χ1n) is 8.91. The fourth-order valence-electron chi connectivity index (χ4n) is 3.58. The molecular formula is C19H23F2N2O2-. The minimum Gasteiger partial charge on any atom is -0.857 e. The van der Waals surface area contributed by atoms with Gasteiger partial charge in [0.25, 0.3) is 5.92 Å². The molecule has 1 saturated carbocycles. The van der Waals surface area contributed by atoms with Gasteiger partial charge in [0.1, 0.15) is 11.4 Å². The number of methoxy groups -OCH3 is 1. The quantitative estimate of drug-likeness (QED) is 0.688. The third-order valence-electron chi connectivity index (χ3n) is 5.01. The number of aromatic nitrogens is 2. The van der Waals surface area contributed by atoms with Crippen LogP contribution in [-0.2, 0) is 5.92 Å². The van der Waals surface area contributed by atoms with Gasteiger partial charge in [-0.25, -0.2) is 4.98 Å². The average Bonchev–Trinajstić information content (AvgIpc) is 3.11. The molecule has 25 heavy (non-hydrogen) atoms. The highest BCUT2D eigenvalue weighted by atomic mass is 19.3. The van der Waals surface area contributed by atoms with Gasteiger partial charge in [0.2, 0.25) is 0 Å². The second kappa shape index (κ2) is 7.50. The SMILES string of the molecule is COc1ccc2nc(C(F)(F)CCCCC3CCCC3)c([O-])nc2c1. The third-order valence-corrected chi connectivity index (χ3v) is 5.01. The standard InChI is InChI=1S/C19H24F2N2O2/c1-25-14-9-10-15-16(12-14)23-18(24)17(22-15)19(20,21)11-5-4-8-13-6-2-3-7-13/h9-10,12-13H,2-8,11H2,1H3,(H,23,24)/p-1. The van der Waals surface area contributed by atoms with Crippen molar-refractivity contribution in [2.24, 2.45) is 5.92 Å². The molecule has 1 fully saturated rings. The number of alkyl halides is 2. The molecule has 3 rings (SSSR count). The summed E-state index contributed by atoms with van der Waals surface area (Å²) in [5.41, 5.74) is -0.197. The van der Waals surface area contributed by atoms with Crippen molar-refractivity contribution < 1.29 is 18.6 Å². The first-order valence-corrected chi connectivity index (χ1v) is 8.91. The zero-order chi connectivity index (χ0) is 17.9. The van der Waals surface area contributed by atoms with Crippen molar-refractivity contribution in [3.05, 3.63) is 23.9 Å². The van der Waals surface area contributed by atoms with E-state index in [4.69, 9.17) is 4.74 Å². The fraction of sp³-hybridized carbons (Fsp3) is 0.579. The van der Waals surface area contributed by atoms with E-state index in [1.807, 2.05) is 0 Å². The highest BCUT2D eigenvalue weighted by molar-refractivity contribution is 5.76. The van der Waals surface area contributed by atoms with Crippen LogP contribution in [0.5, 0.6) is 11.6 Å². The Bertz CT molecular complexity index is 731. The lowest BCUT2D eigenvalue weighted by molar-refractivity contribution is -0.279. The van der Waals surface area contributed by atoms with Gasteiger partial charge >= 0.3 is 0 Å². The molecule has 0 radical (unpaired) electrons. The summed E-state index contributed by atoms with van der Waals surface area (Å²) >= 11 is 0. The first kappa shape index (κ1) is 17.8. The van der Waals surface area contributed by atoms with Crippen LogP contribution in [0.3, 0.4) is 0 Å². The van der Waals surface area contributed by atoms with Crippen molar-refractivity contribution in [1.29, 1.82) is 0 Å². The molecule has 0 saturated heterocycles. The smallest absolute Gasteiger partial charge is 0.290 e. The molecule has 0 aliphatic heterocycles. The minimum atomic E-state index is -3.24. The number of benzene rings is 1. The number of unbranched alkanes of at least 4 members (excludes halogenated alkanes) is 1. The number of rotatable bonds is 7. The summed E-state index contributed by atoms with van der Waals surface area (Å²) in [5, 5.41) is 12.0. The van der Waals surface area contributed by atoms with Gasteiger partial charge < -0.3 is 9.84 Å². The van der Waals surface area contributed by atoms with Crippen LogP contribution in [0, 0.1) is 5.92 Å². The van der Waals surface area contributed by atoms with Crippen LogP contribution in [-0.4, -0.2) is 17.1 Å².